The average Bonchev–Trinajstić information content (AvgIpc) is 2.15. The Morgan fingerprint density at radius 2 is 2.60 bits per heavy atom. The molecule has 0 aromatic carbocycles. The highest BCUT2D eigenvalue weighted by Crippen LogP contribution is 2.00. The molecule has 1 rings (SSSR count). The van der Waals surface area contributed by atoms with Crippen LogP contribution in [0, 0.1) is 6.26 Å². The molecule has 0 bridgehead atoms. The molecule has 10 heavy (non-hydrogen) atoms. The maximum Gasteiger partial charge on any atom is 0.236 e. The highest BCUT2D eigenvalue weighted by molar-refractivity contribution is 5.72. The predicted octanol–water partition coefficient (Wildman–Crippen LogP) is -0.546. The van der Waals surface area contributed by atoms with Crippen LogP contribution in [0.25, 0.3) is 0 Å². The quantitative estimate of drug-likeness (QED) is 0.516. The van der Waals surface area contributed by atoms with Crippen molar-refractivity contribution >= 4 is 5.91 Å². The van der Waals surface area contributed by atoms with Crippen LogP contribution in [-0.2, 0) is 9.63 Å². The molecule has 5 nitrogen and oxygen atoms in total. The summed E-state index contributed by atoms with van der Waals surface area (Å²) in [4.78, 5) is 15.0. The zero-order valence-corrected chi connectivity index (χ0v) is 5.76. The number of nitrogens with one attached hydrogen (secondary N) is 2. The van der Waals surface area contributed by atoms with Gasteiger partial charge in [-0.1, -0.05) is 0 Å². The molecule has 2 N–H and O–H groups in total. The molecule has 1 amide bonds. The van der Waals surface area contributed by atoms with Crippen LogP contribution in [0.4, 0.5) is 0 Å². The largest absolute Gasteiger partial charge is 0.381 e. The van der Waals surface area contributed by atoms with Crippen LogP contribution in [0.1, 0.15) is 13.8 Å². The van der Waals surface area contributed by atoms with Crippen LogP contribution >= 0.6 is 0 Å². The van der Waals surface area contributed by atoms with Crippen molar-refractivity contribution in [2.24, 2.45) is 0 Å². The molecule has 1 aliphatic rings. The van der Waals surface area contributed by atoms with Crippen molar-refractivity contribution in [1.29, 1.82) is 0 Å². The molecular formula is C5H8N3O2. The number of hydrogen-bond acceptors (Lipinski definition) is 4. The Kier molecular flexibility index (Phi) is 1.77. The fourth-order valence-corrected chi connectivity index (χ4v) is 0.521. The van der Waals surface area contributed by atoms with Crippen molar-refractivity contribution in [3.8, 4) is 0 Å². The molecule has 0 saturated heterocycles. The van der Waals surface area contributed by atoms with Crippen molar-refractivity contribution in [3.05, 3.63) is 12.0 Å². The van der Waals surface area contributed by atoms with Gasteiger partial charge in [-0.15, -0.1) is 0 Å². The number of nitrogens with zero attached hydrogens (tertiary/aromatic N) is 1. The standard InChI is InChI=1S/C5H8N3O2/c1-4-3-10-7-8(4)6-5(2)9/h7H,1-2H3,(H,6,9). The van der Waals surface area contributed by atoms with Gasteiger partial charge in [0.2, 0.25) is 12.2 Å². The van der Waals surface area contributed by atoms with Crippen molar-refractivity contribution in [1.82, 2.24) is 16.1 Å². The third-order valence-corrected chi connectivity index (χ3v) is 0.940. The summed E-state index contributed by atoms with van der Waals surface area (Å²) in [5.74, 6) is -0.167. The van der Waals surface area contributed by atoms with E-state index in [1.54, 1.807) is 6.92 Å². The van der Waals surface area contributed by atoms with E-state index >= 15 is 0 Å². The lowest BCUT2D eigenvalue weighted by molar-refractivity contribution is -0.127. The lowest BCUT2D eigenvalue weighted by Gasteiger charge is -2.15. The normalized spacial score (nSPS) is 16.2. The number of amides is 1. The summed E-state index contributed by atoms with van der Waals surface area (Å²) in [6.45, 7) is 3.16. The monoisotopic (exact) mass is 142 g/mol. The summed E-state index contributed by atoms with van der Waals surface area (Å²) < 4.78 is 0. The number of rotatable bonds is 1. The van der Waals surface area contributed by atoms with Crippen molar-refractivity contribution < 1.29 is 9.63 Å². The van der Waals surface area contributed by atoms with E-state index in [9.17, 15) is 4.79 Å². The van der Waals surface area contributed by atoms with E-state index in [1.807, 2.05) is 0 Å². The fraction of sp³-hybridized carbons (Fsp3) is 0.400. The first-order chi connectivity index (χ1) is 4.70. The second kappa shape index (κ2) is 2.57. The first-order valence-corrected chi connectivity index (χ1v) is 2.78. The molecule has 0 aromatic heterocycles. The van der Waals surface area contributed by atoms with E-state index in [0.717, 1.165) is 0 Å². The minimum absolute atomic E-state index is 0.167. The Balaban J connectivity index is 2.43. The zero-order valence-electron chi connectivity index (χ0n) is 5.76. The van der Waals surface area contributed by atoms with Gasteiger partial charge in [0, 0.05) is 6.92 Å². The van der Waals surface area contributed by atoms with Crippen LogP contribution in [0.5, 0.6) is 0 Å². The summed E-state index contributed by atoms with van der Waals surface area (Å²) in [5, 5.41) is 1.34. The topological polar surface area (TPSA) is 53.6 Å². The third-order valence-electron chi connectivity index (χ3n) is 0.940. The van der Waals surface area contributed by atoms with Gasteiger partial charge < -0.3 is 4.84 Å². The second-order valence-corrected chi connectivity index (χ2v) is 1.88. The molecule has 1 radical (unpaired) electrons. The molecule has 0 aliphatic carbocycles. The van der Waals surface area contributed by atoms with Gasteiger partial charge in [0.1, 0.15) is 5.70 Å². The molecular weight excluding hydrogens is 134 g/mol. The van der Waals surface area contributed by atoms with Gasteiger partial charge in [-0.05, 0) is 12.5 Å². The molecule has 0 unspecified atom stereocenters. The molecule has 5 heteroatoms. The number of carbonyl (C=O) groups is 1. The van der Waals surface area contributed by atoms with Gasteiger partial charge in [0.05, 0.1) is 0 Å². The minimum atomic E-state index is -0.167. The second-order valence-electron chi connectivity index (χ2n) is 1.88. The first-order valence-electron chi connectivity index (χ1n) is 2.78. The first kappa shape index (κ1) is 6.88. The molecule has 1 aliphatic heterocycles. The smallest absolute Gasteiger partial charge is 0.236 e. The van der Waals surface area contributed by atoms with Crippen LogP contribution in [0.3, 0.4) is 0 Å². The van der Waals surface area contributed by atoms with Crippen molar-refractivity contribution in [2.75, 3.05) is 0 Å². The van der Waals surface area contributed by atoms with Gasteiger partial charge in [0.25, 0.3) is 0 Å². The van der Waals surface area contributed by atoms with E-state index in [-0.39, 0.29) is 5.91 Å². The Hall–Kier alpha value is -1.23. The summed E-state index contributed by atoms with van der Waals surface area (Å²) >= 11 is 0. The Bertz CT molecular complexity index is 178. The number of carbonyl (C=O) groups excluding carboxylic acids is 1. The number of allylic oxidation sites excluding steroid dienone is 1. The molecule has 55 valence electrons. The highest BCUT2D eigenvalue weighted by Gasteiger charge is 2.12. The molecule has 0 aromatic rings. The molecule has 0 atom stereocenters. The van der Waals surface area contributed by atoms with Gasteiger partial charge in [-0.2, -0.15) is 5.12 Å². The van der Waals surface area contributed by atoms with E-state index in [2.05, 4.69) is 22.1 Å². The molecule has 0 spiro atoms. The van der Waals surface area contributed by atoms with Gasteiger partial charge >= 0.3 is 0 Å². The SMILES string of the molecule is CC(=O)NN1NO[C]=C1C. The van der Waals surface area contributed by atoms with Gasteiger partial charge in [-0.3, -0.25) is 10.2 Å². The average molecular weight is 142 g/mol. The molecule has 1 heterocycles. The predicted molar refractivity (Wildman–Crippen MR) is 32.3 cm³/mol. The van der Waals surface area contributed by atoms with Crippen molar-refractivity contribution in [3.63, 3.8) is 0 Å². The fourth-order valence-electron chi connectivity index (χ4n) is 0.521. The van der Waals surface area contributed by atoms with Crippen LogP contribution in [-0.4, -0.2) is 11.0 Å². The van der Waals surface area contributed by atoms with E-state index < -0.39 is 0 Å². The molecule has 0 saturated carbocycles. The minimum Gasteiger partial charge on any atom is -0.381 e. The summed E-state index contributed by atoms with van der Waals surface area (Å²) in [7, 11) is 0. The van der Waals surface area contributed by atoms with Crippen LogP contribution < -0.4 is 11.0 Å². The van der Waals surface area contributed by atoms with Gasteiger partial charge in [0.15, 0.2) is 0 Å². The third kappa shape index (κ3) is 1.38. The van der Waals surface area contributed by atoms with Crippen LogP contribution in [0.2, 0.25) is 0 Å². The van der Waals surface area contributed by atoms with E-state index in [4.69, 9.17) is 0 Å². The van der Waals surface area contributed by atoms with Crippen molar-refractivity contribution in [2.45, 2.75) is 13.8 Å². The van der Waals surface area contributed by atoms with E-state index in [1.165, 1.54) is 12.0 Å². The lowest BCUT2D eigenvalue weighted by Crippen LogP contribution is -2.44. The van der Waals surface area contributed by atoms with Gasteiger partial charge in [-0.25, -0.2) is 0 Å². The number of hydrazine groups is 2. The lowest BCUT2D eigenvalue weighted by atomic mass is 10.6. The summed E-state index contributed by atoms with van der Waals surface area (Å²) in [6, 6.07) is 0. The highest BCUT2D eigenvalue weighted by atomic mass is 16.7. The maximum absolute atomic E-state index is 10.5. The summed E-state index contributed by atoms with van der Waals surface area (Å²) in [6.07, 6.45) is 2.49. The van der Waals surface area contributed by atoms with E-state index in [0.29, 0.717) is 5.70 Å². The maximum atomic E-state index is 10.5. The Labute approximate surface area is 58.5 Å². The Morgan fingerprint density at radius 3 is 3.00 bits per heavy atom. The molecule has 0 fully saturated rings. The Morgan fingerprint density at radius 1 is 1.90 bits per heavy atom. The summed E-state index contributed by atoms with van der Waals surface area (Å²) in [5.41, 5.74) is 5.52. The zero-order chi connectivity index (χ0) is 7.56. The number of hydrogen-bond donors (Lipinski definition) is 2. The van der Waals surface area contributed by atoms with Crippen LogP contribution in [0.15, 0.2) is 5.70 Å².